The van der Waals surface area contributed by atoms with Crippen molar-refractivity contribution in [2.45, 2.75) is 76.4 Å². The second-order valence-electron chi connectivity index (χ2n) is 10.9. The predicted octanol–water partition coefficient (Wildman–Crippen LogP) is 5.92. The standard InChI is InChI=1S/C24H29Cl2N3O4/c1-22(2,3)32-21(30)29-8-6-23(7-9-29)12-24(31,13-23)18-19(28-33-20(18)14-4-5-14)17-15(25)10-27-11-16(17)26/h10-11,14,31H,4-9,12-13H2,1-3H3. The molecule has 1 amide bonds. The largest absolute Gasteiger partial charge is 0.444 e. The summed E-state index contributed by atoms with van der Waals surface area (Å²) in [5.74, 6) is 1.02. The summed E-state index contributed by atoms with van der Waals surface area (Å²) in [6, 6.07) is 0. The number of amides is 1. The molecule has 0 unspecified atom stereocenters. The van der Waals surface area contributed by atoms with Gasteiger partial charge < -0.3 is 19.3 Å². The van der Waals surface area contributed by atoms with Crippen LogP contribution in [-0.4, -0.2) is 44.9 Å². The molecule has 3 fully saturated rings. The number of halogens is 2. The van der Waals surface area contributed by atoms with Crippen molar-refractivity contribution in [3.8, 4) is 11.3 Å². The highest BCUT2D eigenvalue weighted by atomic mass is 35.5. The SMILES string of the molecule is CC(C)(C)OC(=O)N1CCC2(CC1)CC(O)(c1c(-c3c(Cl)cncc3Cl)noc1C1CC1)C2. The van der Waals surface area contributed by atoms with Crippen molar-refractivity contribution >= 4 is 29.3 Å². The molecule has 1 saturated heterocycles. The minimum atomic E-state index is -1.06. The van der Waals surface area contributed by atoms with Crippen molar-refractivity contribution in [1.29, 1.82) is 0 Å². The molecule has 5 rings (SSSR count). The Labute approximate surface area is 203 Å². The van der Waals surface area contributed by atoms with Gasteiger partial charge >= 0.3 is 6.09 Å². The second kappa shape index (κ2) is 7.85. The monoisotopic (exact) mass is 493 g/mol. The van der Waals surface area contributed by atoms with E-state index in [1.165, 1.54) is 12.4 Å². The third-order valence-electron chi connectivity index (χ3n) is 7.03. The molecule has 3 heterocycles. The minimum absolute atomic E-state index is 0.0194. The summed E-state index contributed by atoms with van der Waals surface area (Å²) in [5, 5.41) is 16.9. The molecule has 2 aliphatic carbocycles. The molecule has 1 aliphatic heterocycles. The van der Waals surface area contributed by atoms with Gasteiger partial charge in [0, 0.05) is 37.0 Å². The number of nitrogens with zero attached hydrogens (tertiary/aromatic N) is 3. The molecule has 1 spiro atoms. The van der Waals surface area contributed by atoms with Gasteiger partial charge in [-0.15, -0.1) is 0 Å². The fraction of sp³-hybridized carbons (Fsp3) is 0.625. The van der Waals surface area contributed by atoms with Crippen LogP contribution in [0.2, 0.25) is 10.0 Å². The number of aromatic nitrogens is 2. The van der Waals surface area contributed by atoms with Crippen LogP contribution >= 0.6 is 23.2 Å². The van der Waals surface area contributed by atoms with E-state index in [9.17, 15) is 9.90 Å². The molecular weight excluding hydrogens is 465 g/mol. The van der Waals surface area contributed by atoms with E-state index in [4.69, 9.17) is 32.5 Å². The summed E-state index contributed by atoms with van der Waals surface area (Å²) in [6.45, 7) is 6.87. The van der Waals surface area contributed by atoms with E-state index in [-0.39, 0.29) is 17.4 Å². The molecular formula is C24H29Cl2N3O4. The van der Waals surface area contributed by atoms with E-state index >= 15 is 0 Å². The van der Waals surface area contributed by atoms with Crippen LogP contribution < -0.4 is 0 Å². The van der Waals surface area contributed by atoms with E-state index in [0.717, 1.165) is 37.0 Å². The molecule has 2 aromatic heterocycles. The summed E-state index contributed by atoms with van der Waals surface area (Å²) >= 11 is 12.9. The van der Waals surface area contributed by atoms with Gasteiger partial charge in [0.05, 0.1) is 21.2 Å². The lowest BCUT2D eigenvalue weighted by atomic mass is 9.53. The first-order valence-corrected chi connectivity index (χ1v) is 12.3. The van der Waals surface area contributed by atoms with Crippen molar-refractivity contribution in [2.24, 2.45) is 5.41 Å². The Morgan fingerprint density at radius 2 is 1.79 bits per heavy atom. The Bertz CT molecular complexity index is 1050. The first-order valence-electron chi connectivity index (χ1n) is 11.5. The third kappa shape index (κ3) is 4.24. The van der Waals surface area contributed by atoms with E-state index in [1.807, 2.05) is 20.8 Å². The van der Waals surface area contributed by atoms with Crippen LogP contribution in [0.3, 0.4) is 0 Å². The summed E-state index contributed by atoms with van der Waals surface area (Å²) in [6.07, 6.45) is 7.65. The van der Waals surface area contributed by atoms with Crippen LogP contribution in [0.15, 0.2) is 16.9 Å². The lowest BCUT2D eigenvalue weighted by Crippen LogP contribution is -2.55. The highest BCUT2D eigenvalue weighted by Gasteiger charge is 2.58. The Kier molecular flexibility index (Phi) is 5.46. The Morgan fingerprint density at radius 3 is 2.33 bits per heavy atom. The number of aliphatic hydroxyl groups is 1. The third-order valence-corrected chi connectivity index (χ3v) is 7.61. The maximum atomic E-state index is 12.4. The first-order chi connectivity index (χ1) is 15.5. The van der Waals surface area contributed by atoms with Gasteiger partial charge in [-0.25, -0.2) is 4.79 Å². The average molecular weight is 494 g/mol. The quantitative estimate of drug-likeness (QED) is 0.570. The fourth-order valence-electron chi connectivity index (χ4n) is 5.39. The fourth-order valence-corrected chi connectivity index (χ4v) is 5.94. The smallest absolute Gasteiger partial charge is 0.410 e. The number of hydrogen-bond acceptors (Lipinski definition) is 6. The van der Waals surface area contributed by atoms with Gasteiger partial charge in [0.25, 0.3) is 0 Å². The van der Waals surface area contributed by atoms with Gasteiger partial charge in [-0.3, -0.25) is 4.98 Å². The molecule has 33 heavy (non-hydrogen) atoms. The van der Waals surface area contributed by atoms with Gasteiger partial charge in [0.15, 0.2) is 0 Å². The van der Waals surface area contributed by atoms with Crippen molar-refractivity contribution in [3.05, 3.63) is 33.8 Å². The van der Waals surface area contributed by atoms with Gasteiger partial charge in [-0.05, 0) is 64.7 Å². The molecule has 0 atom stereocenters. The van der Waals surface area contributed by atoms with Crippen LogP contribution in [0.4, 0.5) is 4.79 Å². The molecule has 2 aromatic rings. The highest BCUT2D eigenvalue weighted by molar-refractivity contribution is 6.38. The zero-order chi connectivity index (χ0) is 23.6. The minimum Gasteiger partial charge on any atom is -0.444 e. The van der Waals surface area contributed by atoms with Crippen molar-refractivity contribution in [1.82, 2.24) is 15.0 Å². The van der Waals surface area contributed by atoms with Crippen LogP contribution in [0.1, 0.15) is 76.5 Å². The van der Waals surface area contributed by atoms with Crippen LogP contribution in [0.5, 0.6) is 0 Å². The lowest BCUT2D eigenvalue weighted by molar-refractivity contribution is -0.154. The van der Waals surface area contributed by atoms with E-state index in [0.29, 0.717) is 47.2 Å². The second-order valence-corrected chi connectivity index (χ2v) is 11.7. The summed E-state index contributed by atoms with van der Waals surface area (Å²) in [5.41, 5.74) is 0.194. The average Bonchev–Trinajstić information content (AvgIpc) is 3.45. The molecule has 2 saturated carbocycles. The number of hydrogen-bond donors (Lipinski definition) is 1. The van der Waals surface area contributed by atoms with E-state index in [1.54, 1.807) is 4.90 Å². The molecule has 1 N–H and O–H groups in total. The molecule has 3 aliphatic rings. The first kappa shape index (κ1) is 22.9. The van der Waals surface area contributed by atoms with Gasteiger partial charge in [0.2, 0.25) is 0 Å². The lowest BCUT2D eigenvalue weighted by Gasteiger charge is -2.56. The van der Waals surface area contributed by atoms with Crippen molar-refractivity contribution in [2.75, 3.05) is 13.1 Å². The number of ether oxygens (including phenoxy) is 1. The van der Waals surface area contributed by atoms with Gasteiger partial charge in [-0.2, -0.15) is 0 Å². The Balaban J connectivity index is 1.37. The topological polar surface area (TPSA) is 88.7 Å². The summed E-state index contributed by atoms with van der Waals surface area (Å²) in [7, 11) is 0. The number of pyridine rings is 1. The van der Waals surface area contributed by atoms with Crippen molar-refractivity contribution < 1.29 is 19.2 Å². The molecule has 9 heteroatoms. The van der Waals surface area contributed by atoms with Crippen LogP contribution in [-0.2, 0) is 10.3 Å². The van der Waals surface area contributed by atoms with Gasteiger partial charge in [-0.1, -0.05) is 28.4 Å². The Hall–Kier alpha value is -1.83. The summed E-state index contributed by atoms with van der Waals surface area (Å²) < 4.78 is 11.3. The number of carbonyl (C=O) groups is 1. The molecule has 7 nitrogen and oxygen atoms in total. The molecule has 0 radical (unpaired) electrons. The normalized spacial score (nSPS) is 21.7. The predicted molar refractivity (Wildman–Crippen MR) is 124 cm³/mol. The maximum absolute atomic E-state index is 12.4. The number of rotatable bonds is 3. The number of piperidine rings is 1. The number of carbonyl (C=O) groups excluding carboxylic acids is 1. The van der Waals surface area contributed by atoms with Gasteiger partial charge in [0.1, 0.15) is 17.1 Å². The summed E-state index contributed by atoms with van der Waals surface area (Å²) in [4.78, 5) is 18.2. The Morgan fingerprint density at radius 1 is 1.18 bits per heavy atom. The maximum Gasteiger partial charge on any atom is 0.410 e. The number of likely N-dealkylation sites (tertiary alicyclic amines) is 1. The molecule has 0 aromatic carbocycles. The van der Waals surface area contributed by atoms with E-state index in [2.05, 4.69) is 10.1 Å². The molecule has 0 bridgehead atoms. The zero-order valence-electron chi connectivity index (χ0n) is 19.2. The zero-order valence-corrected chi connectivity index (χ0v) is 20.7. The highest BCUT2D eigenvalue weighted by Crippen LogP contribution is 2.62. The molecule has 178 valence electrons. The van der Waals surface area contributed by atoms with Crippen LogP contribution in [0, 0.1) is 5.41 Å². The van der Waals surface area contributed by atoms with Crippen molar-refractivity contribution in [3.63, 3.8) is 0 Å². The van der Waals surface area contributed by atoms with Crippen LogP contribution in [0.25, 0.3) is 11.3 Å². The van der Waals surface area contributed by atoms with E-state index < -0.39 is 11.2 Å².